The number of methoxy groups -OCH3 is 1. The summed E-state index contributed by atoms with van der Waals surface area (Å²) >= 11 is 0. The number of esters is 1. The van der Waals surface area contributed by atoms with Gasteiger partial charge in [-0.05, 0) is 38.5 Å². The van der Waals surface area contributed by atoms with Crippen LogP contribution in [0, 0.1) is 11.2 Å². The van der Waals surface area contributed by atoms with Crippen LogP contribution in [-0.2, 0) is 9.53 Å². The summed E-state index contributed by atoms with van der Waals surface area (Å²) in [5, 5.41) is 3.21. The lowest BCUT2D eigenvalue weighted by molar-refractivity contribution is -0.150. The lowest BCUT2D eigenvalue weighted by atomic mass is 9.93. The Morgan fingerprint density at radius 1 is 1.50 bits per heavy atom. The molecule has 0 aliphatic heterocycles. The SMILES string of the molecule is COC(=O)C(C)(C)CN[C@@H](C)c1cccc(F)c1. The standard InChI is InChI=1S/C14H20FNO2/c1-10(11-6-5-7-12(15)8-11)16-9-14(2,3)13(17)18-4/h5-8,10,16H,9H2,1-4H3/t10-/m0/s1. The third-order valence-corrected chi connectivity index (χ3v) is 2.94. The summed E-state index contributed by atoms with van der Waals surface area (Å²) in [6.07, 6.45) is 0. The van der Waals surface area contributed by atoms with Gasteiger partial charge in [0, 0.05) is 12.6 Å². The van der Waals surface area contributed by atoms with Gasteiger partial charge in [-0.1, -0.05) is 12.1 Å². The van der Waals surface area contributed by atoms with Crippen LogP contribution in [0.1, 0.15) is 32.4 Å². The molecule has 0 bridgehead atoms. The van der Waals surface area contributed by atoms with Crippen molar-refractivity contribution in [1.82, 2.24) is 5.32 Å². The van der Waals surface area contributed by atoms with Gasteiger partial charge >= 0.3 is 5.97 Å². The fourth-order valence-electron chi connectivity index (χ4n) is 1.65. The molecule has 0 heterocycles. The number of halogens is 1. The molecule has 0 fully saturated rings. The van der Waals surface area contributed by atoms with Gasteiger partial charge in [-0.15, -0.1) is 0 Å². The summed E-state index contributed by atoms with van der Waals surface area (Å²) in [4.78, 5) is 11.5. The lowest BCUT2D eigenvalue weighted by Gasteiger charge is -2.24. The number of ether oxygens (including phenoxy) is 1. The van der Waals surface area contributed by atoms with Crippen LogP contribution in [0.2, 0.25) is 0 Å². The third kappa shape index (κ3) is 3.81. The second kappa shape index (κ2) is 5.96. The van der Waals surface area contributed by atoms with Gasteiger partial charge < -0.3 is 10.1 Å². The summed E-state index contributed by atoms with van der Waals surface area (Å²) in [5.41, 5.74) is 0.256. The van der Waals surface area contributed by atoms with Crippen molar-refractivity contribution >= 4 is 5.97 Å². The van der Waals surface area contributed by atoms with Gasteiger partial charge in [0.05, 0.1) is 12.5 Å². The van der Waals surface area contributed by atoms with E-state index in [2.05, 4.69) is 5.32 Å². The Kier molecular flexibility index (Phi) is 4.84. The predicted molar refractivity (Wildman–Crippen MR) is 68.6 cm³/mol. The highest BCUT2D eigenvalue weighted by atomic mass is 19.1. The van der Waals surface area contributed by atoms with Crippen molar-refractivity contribution in [3.63, 3.8) is 0 Å². The molecule has 0 aliphatic rings. The first-order valence-corrected chi connectivity index (χ1v) is 5.94. The maximum absolute atomic E-state index is 13.1. The van der Waals surface area contributed by atoms with E-state index < -0.39 is 5.41 Å². The van der Waals surface area contributed by atoms with Gasteiger partial charge in [-0.2, -0.15) is 0 Å². The fourth-order valence-corrected chi connectivity index (χ4v) is 1.65. The third-order valence-electron chi connectivity index (χ3n) is 2.94. The minimum Gasteiger partial charge on any atom is -0.469 e. The first-order valence-electron chi connectivity index (χ1n) is 5.94. The molecule has 0 aromatic heterocycles. The van der Waals surface area contributed by atoms with Gasteiger partial charge in [0.1, 0.15) is 5.82 Å². The lowest BCUT2D eigenvalue weighted by Crippen LogP contribution is -2.38. The van der Waals surface area contributed by atoms with Gasteiger partial charge in [-0.3, -0.25) is 4.79 Å². The van der Waals surface area contributed by atoms with Gasteiger partial charge in [0.15, 0.2) is 0 Å². The topological polar surface area (TPSA) is 38.3 Å². The van der Waals surface area contributed by atoms with Crippen molar-refractivity contribution in [2.45, 2.75) is 26.8 Å². The van der Waals surface area contributed by atoms with E-state index in [0.717, 1.165) is 5.56 Å². The maximum Gasteiger partial charge on any atom is 0.312 e. The van der Waals surface area contributed by atoms with Gasteiger partial charge in [0.2, 0.25) is 0 Å². The Morgan fingerprint density at radius 2 is 2.17 bits per heavy atom. The molecule has 0 unspecified atom stereocenters. The minimum atomic E-state index is -0.601. The van der Waals surface area contributed by atoms with Crippen LogP contribution >= 0.6 is 0 Å². The van der Waals surface area contributed by atoms with E-state index in [4.69, 9.17) is 4.74 Å². The number of nitrogens with one attached hydrogen (secondary N) is 1. The molecule has 1 atom stereocenters. The number of rotatable bonds is 5. The Labute approximate surface area is 107 Å². The molecule has 1 rings (SSSR count). The number of benzene rings is 1. The Bertz CT molecular complexity index is 418. The van der Waals surface area contributed by atoms with Crippen molar-refractivity contribution in [2.24, 2.45) is 5.41 Å². The zero-order valence-electron chi connectivity index (χ0n) is 11.3. The van der Waals surface area contributed by atoms with E-state index in [1.807, 2.05) is 26.8 Å². The number of carbonyl (C=O) groups is 1. The zero-order chi connectivity index (χ0) is 13.8. The molecule has 0 aliphatic carbocycles. The summed E-state index contributed by atoms with van der Waals surface area (Å²) in [6, 6.07) is 6.40. The molecule has 4 heteroatoms. The fraction of sp³-hybridized carbons (Fsp3) is 0.500. The van der Waals surface area contributed by atoms with E-state index in [-0.39, 0.29) is 17.8 Å². The summed E-state index contributed by atoms with van der Waals surface area (Å²) < 4.78 is 17.8. The quantitative estimate of drug-likeness (QED) is 0.820. The predicted octanol–water partition coefficient (Wildman–Crippen LogP) is 2.68. The molecule has 1 aromatic carbocycles. The first-order chi connectivity index (χ1) is 8.36. The Morgan fingerprint density at radius 3 is 2.72 bits per heavy atom. The molecular weight excluding hydrogens is 233 g/mol. The number of hydrogen-bond acceptors (Lipinski definition) is 3. The number of carbonyl (C=O) groups excluding carboxylic acids is 1. The van der Waals surface area contributed by atoms with Gasteiger partial charge in [-0.25, -0.2) is 4.39 Å². The highest BCUT2D eigenvalue weighted by Crippen LogP contribution is 2.19. The highest BCUT2D eigenvalue weighted by Gasteiger charge is 2.28. The molecule has 18 heavy (non-hydrogen) atoms. The maximum atomic E-state index is 13.1. The molecule has 0 amide bonds. The van der Waals surface area contributed by atoms with Crippen LogP contribution < -0.4 is 5.32 Å². The van der Waals surface area contributed by atoms with Crippen LogP contribution in [0.25, 0.3) is 0 Å². The Balaban J connectivity index is 2.61. The molecule has 0 spiro atoms. The molecule has 1 N–H and O–H groups in total. The monoisotopic (exact) mass is 253 g/mol. The normalized spacial score (nSPS) is 13.2. The molecule has 0 radical (unpaired) electrons. The van der Waals surface area contributed by atoms with Crippen molar-refractivity contribution in [2.75, 3.05) is 13.7 Å². The van der Waals surface area contributed by atoms with Crippen LogP contribution in [-0.4, -0.2) is 19.6 Å². The average molecular weight is 253 g/mol. The second-order valence-electron chi connectivity index (χ2n) is 5.03. The molecule has 3 nitrogen and oxygen atoms in total. The van der Waals surface area contributed by atoms with E-state index in [1.54, 1.807) is 6.07 Å². The molecule has 100 valence electrons. The highest BCUT2D eigenvalue weighted by molar-refractivity contribution is 5.76. The van der Waals surface area contributed by atoms with E-state index >= 15 is 0 Å². The molecule has 0 saturated heterocycles. The first kappa shape index (κ1) is 14.6. The smallest absolute Gasteiger partial charge is 0.312 e. The van der Waals surface area contributed by atoms with Crippen LogP contribution in [0.5, 0.6) is 0 Å². The van der Waals surface area contributed by atoms with Crippen LogP contribution in [0.15, 0.2) is 24.3 Å². The Hall–Kier alpha value is -1.42. The second-order valence-corrected chi connectivity index (χ2v) is 5.03. The van der Waals surface area contributed by atoms with Gasteiger partial charge in [0.25, 0.3) is 0 Å². The van der Waals surface area contributed by atoms with Crippen LogP contribution in [0.3, 0.4) is 0 Å². The van der Waals surface area contributed by atoms with E-state index in [9.17, 15) is 9.18 Å². The average Bonchev–Trinajstić information content (AvgIpc) is 2.35. The summed E-state index contributed by atoms with van der Waals surface area (Å²) in [7, 11) is 1.38. The largest absolute Gasteiger partial charge is 0.469 e. The van der Waals surface area contributed by atoms with Crippen molar-refractivity contribution in [1.29, 1.82) is 0 Å². The summed E-state index contributed by atoms with van der Waals surface area (Å²) in [6.45, 7) is 6.02. The van der Waals surface area contributed by atoms with Crippen molar-refractivity contribution in [3.05, 3.63) is 35.6 Å². The van der Waals surface area contributed by atoms with Crippen molar-refractivity contribution in [3.8, 4) is 0 Å². The molecule has 1 aromatic rings. The minimum absolute atomic E-state index is 0.0235. The molecule has 0 saturated carbocycles. The number of hydrogen-bond donors (Lipinski definition) is 1. The van der Waals surface area contributed by atoms with E-state index in [0.29, 0.717) is 6.54 Å². The van der Waals surface area contributed by atoms with Crippen molar-refractivity contribution < 1.29 is 13.9 Å². The zero-order valence-corrected chi connectivity index (χ0v) is 11.3. The van der Waals surface area contributed by atoms with Crippen LogP contribution in [0.4, 0.5) is 4.39 Å². The summed E-state index contributed by atoms with van der Waals surface area (Å²) in [5.74, 6) is -0.519. The van der Waals surface area contributed by atoms with E-state index in [1.165, 1.54) is 19.2 Å². The molecular formula is C14H20FNO2.